The van der Waals surface area contributed by atoms with Gasteiger partial charge in [0.1, 0.15) is 6.54 Å². The summed E-state index contributed by atoms with van der Waals surface area (Å²) in [6.45, 7) is 5.38. The van der Waals surface area contributed by atoms with Gasteiger partial charge >= 0.3 is 5.97 Å². The Morgan fingerprint density at radius 2 is 1.81 bits per heavy atom. The van der Waals surface area contributed by atoms with Gasteiger partial charge in [-0.3, -0.25) is 14.4 Å². The zero-order chi connectivity index (χ0) is 22.4. The molecule has 0 aromatic heterocycles. The van der Waals surface area contributed by atoms with Crippen LogP contribution in [0.15, 0.2) is 42.5 Å². The number of para-hydroxylation sites is 1. The smallest absolute Gasteiger partial charge is 0.326 e. The number of hydrogen-bond donors (Lipinski definition) is 2. The van der Waals surface area contributed by atoms with Crippen molar-refractivity contribution in [3.8, 4) is 11.5 Å². The van der Waals surface area contributed by atoms with Crippen molar-refractivity contribution in [1.29, 1.82) is 0 Å². The maximum absolute atomic E-state index is 12.5. The van der Waals surface area contributed by atoms with E-state index in [-0.39, 0.29) is 19.3 Å². The molecule has 2 unspecified atom stereocenters. The molecular weight excluding hydrogens is 400 g/mol. The molecule has 164 valence electrons. The van der Waals surface area contributed by atoms with Crippen LogP contribution in [0.4, 0.5) is 5.69 Å². The lowest BCUT2D eigenvalue weighted by atomic mass is 9.97. The van der Waals surface area contributed by atoms with E-state index in [1.807, 2.05) is 24.3 Å². The summed E-state index contributed by atoms with van der Waals surface area (Å²) in [4.78, 5) is 36.8. The Balaban J connectivity index is 1.50. The molecule has 0 fully saturated rings. The van der Waals surface area contributed by atoms with Crippen molar-refractivity contribution < 1.29 is 28.6 Å². The molecule has 0 bridgehead atoms. The summed E-state index contributed by atoms with van der Waals surface area (Å²) in [6.07, 6.45) is -0.0829. The average Bonchev–Trinajstić information content (AvgIpc) is 3.25. The van der Waals surface area contributed by atoms with E-state index in [0.717, 1.165) is 12.0 Å². The van der Waals surface area contributed by atoms with Gasteiger partial charge < -0.3 is 24.8 Å². The third-order valence-electron chi connectivity index (χ3n) is 5.07. The van der Waals surface area contributed by atoms with Crippen LogP contribution in [0.3, 0.4) is 0 Å². The van der Waals surface area contributed by atoms with Gasteiger partial charge in [-0.1, -0.05) is 32.0 Å². The predicted octanol–water partition coefficient (Wildman–Crippen LogP) is 3.23. The maximum Gasteiger partial charge on any atom is 0.326 e. The number of hydrogen-bond acceptors (Lipinski definition) is 6. The molecule has 0 radical (unpaired) electrons. The van der Waals surface area contributed by atoms with Crippen LogP contribution < -0.4 is 20.1 Å². The van der Waals surface area contributed by atoms with E-state index >= 15 is 0 Å². The molecule has 8 heteroatoms. The fourth-order valence-electron chi connectivity index (χ4n) is 3.08. The van der Waals surface area contributed by atoms with Gasteiger partial charge in [0.25, 0.3) is 11.8 Å². The lowest BCUT2D eigenvalue weighted by Gasteiger charge is -2.18. The maximum atomic E-state index is 12.5. The largest absolute Gasteiger partial charge is 0.454 e. The summed E-state index contributed by atoms with van der Waals surface area (Å²) in [7, 11) is 0. The van der Waals surface area contributed by atoms with Crippen LogP contribution >= 0.6 is 0 Å². The zero-order valence-corrected chi connectivity index (χ0v) is 17.8. The summed E-state index contributed by atoms with van der Waals surface area (Å²) < 4.78 is 15.6. The van der Waals surface area contributed by atoms with Crippen LogP contribution in [0.5, 0.6) is 11.5 Å². The molecule has 2 N–H and O–H groups in total. The third-order valence-corrected chi connectivity index (χ3v) is 5.07. The van der Waals surface area contributed by atoms with Crippen LogP contribution in [-0.2, 0) is 14.3 Å². The molecule has 2 aromatic rings. The first-order chi connectivity index (χ1) is 14.9. The number of ether oxygens (including phenoxy) is 3. The van der Waals surface area contributed by atoms with Crippen LogP contribution in [0.2, 0.25) is 0 Å². The Kier molecular flexibility index (Phi) is 7.12. The highest BCUT2D eigenvalue weighted by molar-refractivity contribution is 5.98. The molecule has 2 amide bonds. The van der Waals surface area contributed by atoms with E-state index in [9.17, 15) is 14.4 Å². The van der Waals surface area contributed by atoms with E-state index in [1.54, 1.807) is 12.1 Å². The molecule has 0 saturated carbocycles. The lowest BCUT2D eigenvalue weighted by molar-refractivity contribution is -0.152. The number of nitrogens with one attached hydrogen (secondary N) is 2. The summed E-state index contributed by atoms with van der Waals surface area (Å²) in [6, 6.07) is 12.3. The number of carbonyl (C=O) groups excluding carboxylic acids is 3. The SMILES string of the molecule is CCC(C)c1ccccc1NC(=O)C(C)OC(=O)CNC(=O)c1ccc2c(c1)OCO2. The summed E-state index contributed by atoms with van der Waals surface area (Å²) in [5, 5.41) is 5.29. The van der Waals surface area contributed by atoms with Gasteiger partial charge in [0.15, 0.2) is 17.6 Å². The van der Waals surface area contributed by atoms with Gasteiger partial charge in [-0.15, -0.1) is 0 Å². The van der Waals surface area contributed by atoms with Crippen LogP contribution in [0.25, 0.3) is 0 Å². The number of carbonyl (C=O) groups is 3. The van der Waals surface area contributed by atoms with Gasteiger partial charge in [0, 0.05) is 11.3 Å². The van der Waals surface area contributed by atoms with E-state index in [0.29, 0.717) is 22.7 Å². The molecule has 31 heavy (non-hydrogen) atoms. The number of esters is 1. The minimum Gasteiger partial charge on any atom is -0.454 e. The Labute approximate surface area is 180 Å². The fraction of sp³-hybridized carbons (Fsp3) is 0.348. The van der Waals surface area contributed by atoms with E-state index in [1.165, 1.54) is 13.0 Å². The summed E-state index contributed by atoms with van der Waals surface area (Å²) in [5.74, 6) is -0.308. The molecule has 0 aliphatic carbocycles. The first kappa shape index (κ1) is 22.1. The Morgan fingerprint density at radius 1 is 1.06 bits per heavy atom. The molecule has 1 aliphatic rings. The molecule has 2 aromatic carbocycles. The fourth-order valence-corrected chi connectivity index (χ4v) is 3.08. The molecule has 3 rings (SSSR count). The van der Waals surface area contributed by atoms with Gasteiger partial charge in [-0.25, -0.2) is 0 Å². The number of anilines is 1. The van der Waals surface area contributed by atoms with Gasteiger partial charge in [0.05, 0.1) is 0 Å². The molecule has 1 heterocycles. The van der Waals surface area contributed by atoms with Crippen molar-refractivity contribution in [3.63, 3.8) is 0 Å². The highest BCUT2D eigenvalue weighted by atomic mass is 16.7. The monoisotopic (exact) mass is 426 g/mol. The molecular formula is C23H26N2O6. The summed E-state index contributed by atoms with van der Waals surface area (Å²) >= 11 is 0. The van der Waals surface area contributed by atoms with Crippen molar-refractivity contribution >= 4 is 23.5 Å². The van der Waals surface area contributed by atoms with Crippen LogP contribution in [0, 0.1) is 0 Å². The first-order valence-corrected chi connectivity index (χ1v) is 10.2. The normalized spacial score (nSPS) is 13.8. The molecule has 0 saturated heterocycles. The topological polar surface area (TPSA) is 103 Å². The number of rotatable bonds is 8. The van der Waals surface area contributed by atoms with Crippen molar-refractivity contribution in [2.75, 3.05) is 18.7 Å². The average molecular weight is 426 g/mol. The van der Waals surface area contributed by atoms with Crippen LogP contribution in [-0.4, -0.2) is 37.2 Å². The van der Waals surface area contributed by atoms with E-state index < -0.39 is 23.9 Å². The second-order valence-corrected chi connectivity index (χ2v) is 7.27. The van der Waals surface area contributed by atoms with Gasteiger partial charge in [0.2, 0.25) is 6.79 Å². The minimum atomic E-state index is -1.01. The predicted molar refractivity (Wildman–Crippen MR) is 114 cm³/mol. The third kappa shape index (κ3) is 5.53. The molecule has 2 atom stereocenters. The van der Waals surface area contributed by atoms with E-state index in [2.05, 4.69) is 24.5 Å². The first-order valence-electron chi connectivity index (χ1n) is 10.2. The van der Waals surface area contributed by atoms with Gasteiger partial charge in [-0.2, -0.15) is 0 Å². The van der Waals surface area contributed by atoms with Gasteiger partial charge in [-0.05, 0) is 49.1 Å². The minimum absolute atomic E-state index is 0.106. The highest BCUT2D eigenvalue weighted by Crippen LogP contribution is 2.32. The Morgan fingerprint density at radius 3 is 2.58 bits per heavy atom. The van der Waals surface area contributed by atoms with Crippen molar-refractivity contribution in [2.45, 2.75) is 39.2 Å². The molecule has 8 nitrogen and oxygen atoms in total. The molecule has 1 aliphatic heterocycles. The standard InChI is InChI=1S/C23H26N2O6/c1-4-14(2)17-7-5-6-8-18(17)25-22(27)15(3)31-21(26)12-24-23(28)16-9-10-19-20(11-16)30-13-29-19/h5-11,14-15H,4,12-13H2,1-3H3,(H,24,28)(H,25,27). The lowest BCUT2D eigenvalue weighted by Crippen LogP contribution is -2.36. The molecule has 0 spiro atoms. The second kappa shape index (κ2) is 9.97. The van der Waals surface area contributed by atoms with Crippen molar-refractivity contribution in [1.82, 2.24) is 5.32 Å². The number of fused-ring (bicyclic) bond motifs is 1. The number of benzene rings is 2. The summed E-state index contributed by atoms with van der Waals surface area (Å²) in [5.41, 5.74) is 2.04. The van der Waals surface area contributed by atoms with Crippen molar-refractivity contribution in [3.05, 3.63) is 53.6 Å². The quantitative estimate of drug-likeness (QED) is 0.629. The second-order valence-electron chi connectivity index (χ2n) is 7.27. The highest BCUT2D eigenvalue weighted by Gasteiger charge is 2.21. The zero-order valence-electron chi connectivity index (χ0n) is 17.8. The Hall–Kier alpha value is -3.55. The van der Waals surface area contributed by atoms with Crippen LogP contribution in [0.1, 0.15) is 49.0 Å². The Bertz CT molecular complexity index is 974. The van der Waals surface area contributed by atoms with Crippen molar-refractivity contribution in [2.24, 2.45) is 0 Å². The number of amides is 2. The van der Waals surface area contributed by atoms with E-state index in [4.69, 9.17) is 14.2 Å².